The first kappa shape index (κ1) is 26.1. The normalized spacial score (nSPS) is 21.1. The van der Waals surface area contributed by atoms with Crippen molar-refractivity contribution in [3.05, 3.63) is 58.5 Å². The van der Waals surface area contributed by atoms with Crippen molar-refractivity contribution in [2.24, 2.45) is 0 Å². The number of rotatable bonds is 11. The lowest BCUT2D eigenvalue weighted by atomic mass is 9.86. The zero-order chi connectivity index (χ0) is 25.6. The molecule has 0 spiro atoms. The van der Waals surface area contributed by atoms with Gasteiger partial charge in [-0.2, -0.15) is 0 Å². The molecule has 2 atom stereocenters. The summed E-state index contributed by atoms with van der Waals surface area (Å²) < 4.78 is 25.8. The van der Waals surface area contributed by atoms with Crippen molar-refractivity contribution < 1.29 is 23.8 Å². The summed E-state index contributed by atoms with van der Waals surface area (Å²) in [6.45, 7) is 4.03. The van der Waals surface area contributed by atoms with E-state index in [1.807, 2.05) is 4.90 Å². The summed E-state index contributed by atoms with van der Waals surface area (Å²) in [6.07, 6.45) is 8.23. The van der Waals surface area contributed by atoms with Crippen molar-refractivity contribution in [3.63, 3.8) is 0 Å². The molecule has 4 heterocycles. The summed E-state index contributed by atoms with van der Waals surface area (Å²) in [4.78, 5) is 18.9. The largest absolute Gasteiger partial charge is 0.480 e. The highest BCUT2D eigenvalue weighted by Gasteiger charge is 2.39. The Morgan fingerprint density at radius 1 is 1.22 bits per heavy atom. The minimum atomic E-state index is -0.951. The average molecular weight is 512 g/mol. The van der Waals surface area contributed by atoms with Crippen LogP contribution in [0.4, 0.5) is 10.2 Å². The molecule has 37 heavy (non-hydrogen) atoms. The van der Waals surface area contributed by atoms with Crippen molar-refractivity contribution in [1.82, 2.24) is 9.88 Å². The van der Waals surface area contributed by atoms with Crippen LogP contribution < -0.4 is 5.32 Å². The molecule has 5 rings (SSSR count). The lowest BCUT2D eigenvalue weighted by molar-refractivity contribution is -0.151. The van der Waals surface area contributed by atoms with E-state index in [2.05, 4.69) is 17.4 Å². The van der Waals surface area contributed by atoms with E-state index in [9.17, 15) is 14.3 Å². The molecule has 200 valence electrons. The summed E-state index contributed by atoms with van der Waals surface area (Å²) in [5.41, 5.74) is 3.90. The minimum absolute atomic E-state index is 0.0188. The number of unbranched alkanes of at least 4 members (excludes halogenated alkanes) is 2. The van der Waals surface area contributed by atoms with Gasteiger partial charge in [-0.1, -0.05) is 18.6 Å². The second kappa shape index (κ2) is 12.3. The second-order valence-electron chi connectivity index (χ2n) is 10.5. The van der Waals surface area contributed by atoms with Gasteiger partial charge in [0.1, 0.15) is 17.7 Å². The van der Waals surface area contributed by atoms with Gasteiger partial charge >= 0.3 is 5.97 Å². The highest BCUT2D eigenvalue weighted by molar-refractivity contribution is 5.76. The number of benzene rings is 1. The molecule has 2 N–H and O–H groups in total. The number of likely N-dealkylation sites (tertiary alicyclic amines) is 1. The highest BCUT2D eigenvalue weighted by atomic mass is 19.1. The van der Waals surface area contributed by atoms with Crippen LogP contribution >= 0.6 is 0 Å². The molecule has 0 saturated carbocycles. The van der Waals surface area contributed by atoms with Gasteiger partial charge in [0, 0.05) is 44.5 Å². The van der Waals surface area contributed by atoms with Crippen molar-refractivity contribution in [2.75, 3.05) is 44.8 Å². The van der Waals surface area contributed by atoms with Gasteiger partial charge in [-0.25, -0.2) is 9.37 Å². The topological polar surface area (TPSA) is 83.9 Å². The Hall–Kier alpha value is -2.55. The Bertz CT molecular complexity index is 1070. The van der Waals surface area contributed by atoms with Gasteiger partial charge in [-0.3, -0.25) is 9.69 Å². The summed E-state index contributed by atoms with van der Waals surface area (Å²) in [6, 6.07) is 8.04. The molecule has 1 aromatic heterocycles. The number of anilines is 1. The van der Waals surface area contributed by atoms with Crippen LogP contribution in [0.1, 0.15) is 72.9 Å². The standard InChI is InChI=1S/C29H38FN3O4/c30-22-10-12-25(21-7-5-14-36-19-21)26(16-22)27(29(34)35)33-17-24(18-33)37-15-3-1-2-8-23-11-9-20-6-4-13-31-28(20)32-23/h9-12,16,21,24,27H,1-8,13-15,17-19H2,(H,31,32)(H,34,35). The number of carbonyl (C=O) groups is 1. The lowest BCUT2D eigenvalue weighted by Crippen LogP contribution is -2.55. The first-order chi connectivity index (χ1) is 18.1. The number of halogens is 1. The average Bonchev–Trinajstić information content (AvgIpc) is 2.89. The third-order valence-corrected chi connectivity index (χ3v) is 7.80. The number of fused-ring (bicyclic) bond motifs is 1. The third kappa shape index (κ3) is 6.48. The van der Waals surface area contributed by atoms with Gasteiger partial charge in [-0.05, 0) is 79.8 Å². The molecule has 8 heteroatoms. The van der Waals surface area contributed by atoms with E-state index in [0.29, 0.717) is 31.9 Å². The first-order valence-corrected chi connectivity index (χ1v) is 13.8. The molecule has 0 aliphatic carbocycles. The number of carboxylic acid groups (broad SMARTS) is 1. The second-order valence-corrected chi connectivity index (χ2v) is 10.5. The predicted octanol–water partition coefficient (Wildman–Crippen LogP) is 4.71. The Morgan fingerprint density at radius 2 is 2.11 bits per heavy atom. The summed E-state index contributed by atoms with van der Waals surface area (Å²) >= 11 is 0. The maximum Gasteiger partial charge on any atom is 0.325 e. The van der Waals surface area contributed by atoms with Gasteiger partial charge in [-0.15, -0.1) is 0 Å². The maximum absolute atomic E-state index is 14.2. The van der Waals surface area contributed by atoms with Crippen LogP contribution in [0, 0.1) is 5.82 Å². The minimum Gasteiger partial charge on any atom is -0.480 e. The van der Waals surface area contributed by atoms with E-state index in [0.717, 1.165) is 75.2 Å². The lowest BCUT2D eigenvalue weighted by Gasteiger charge is -2.43. The molecule has 2 unspecified atom stereocenters. The number of nitrogens with one attached hydrogen (secondary N) is 1. The van der Waals surface area contributed by atoms with E-state index in [1.54, 1.807) is 6.07 Å². The fourth-order valence-corrected chi connectivity index (χ4v) is 5.75. The Balaban J connectivity index is 1.06. The fraction of sp³-hybridized carbons (Fsp3) is 0.586. The number of hydrogen-bond donors (Lipinski definition) is 2. The summed E-state index contributed by atoms with van der Waals surface area (Å²) in [7, 11) is 0. The van der Waals surface area contributed by atoms with Gasteiger partial charge in [0.05, 0.1) is 12.7 Å². The monoisotopic (exact) mass is 511 g/mol. The zero-order valence-electron chi connectivity index (χ0n) is 21.5. The van der Waals surface area contributed by atoms with Gasteiger partial charge < -0.3 is 19.9 Å². The summed E-state index contributed by atoms with van der Waals surface area (Å²) in [5, 5.41) is 13.4. The zero-order valence-corrected chi connectivity index (χ0v) is 21.5. The number of pyridine rings is 1. The van der Waals surface area contributed by atoms with Crippen molar-refractivity contribution in [3.8, 4) is 0 Å². The number of aromatic nitrogens is 1. The number of nitrogens with zero attached hydrogens (tertiary/aromatic N) is 2. The maximum atomic E-state index is 14.2. The molecule has 0 amide bonds. The Kier molecular flexibility index (Phi) is 8.69. The molecule has 2 fully saturated rings. The Morgan fingerprint density at radius 3 is 2.92 bits per heavy atom. The number of ether oxygens (including phenoxy) is 2. The van der Waals surface area contributed by atoms with E-state index in [1.165, 1.54) is 24.1 Å². The fourth-order valence-electron chi connectivity index (χ4n) is 5.75. The third-order valence-electron chi connectivity index (χ3n) is 7.80. The van der Waals surface area contributed by atoms with Crippen molar-refractivity contribution in [2.45, 2.75) is 69.4 Å². The van der Waals surface area contributed by atoms with Crippen LogP contribution in [0.25, 0.3) is 0 Å². The molecule has 7 nitrogen and oxygen atoms in total. The molecular weight excluding hydrogens is 473 g/mol. The van der Waals surface area contributed by atoms with Crippen molar-refractivity contribution in [1.29, 1.82) is 0 Å². The number of aliphatic carboxylic acids is 1. The molecular formula is C29H38FN3O4. The van der Waals surface area contributed by atoms with Gasteiger partial charge in [0.25, 0.3) is 0 Å². The molecule has 1 aromatic carbocycles. The van der Waals surface area contributed by atoms with E-state index in [4.69, 9.17) is 14.5 Å². The Labute approximate surface area is 218 Å². The van der Waals surface area contributed by atoms with E-state index >= 15 is 0 Å². The molecule has 2 saturated heterocycles. The van der Waals surface area contributed by atoms with Crippen LogP contribution in [0.15, 0.2) is 30.3 Å². The van der Waals surface area contributed by atoms with Crippen LogP contribution in [0.5, 0.6) is 0 Å². The van der Waals surface area contributed by atoms with Crippen molar-refractivity contribution >= 4 is 11.8 Å². The van der Waals surface area contributed by atoms with E-state index in [-0.39, 0.29) is 12.0 Å². The quantitative estimate of drug-likeness (QED) is 0.423. The highest BCUT2D eigenvalue weighted by Crippen LogP contribution is 2.36. The number of hydrogen-bond acceptors (Lipinski definition) is 6. The van der Waals surface area contributed by atoms with Crippen LogP contribution in [0.3, 0.4) is 0 Å². The number of aryl methyl sites for hydroxylation is 2. The van der Waals surface area contributed by atoms with Gasteiger partial charge in [0.15, 0.2) is 0 Å². The molecule has 0 bridgehead atoms. The predicted molar refractivity (Wildman–Crippen MR) is 139 cm³/mol. The SMILES string of the molecule is O=C(O)C(c1cc(F)ccc1C1CCCOC1)N1CC(OCCCCCc2ccc3c(n2)NCCC3)C1. The first-order valence-electron chi connectivity index (χ1n) is 13.8. The molecule has 3 aliphatic heterocycles. The van der Waals surface area contributed by atoms with Crippen LogP contribution in [-0.4, -0.2) is 66.5 Å². The number of carboxylic acids is 1. The molecule has 2 aromatic rings. The smallest absolute Gasteiger partial charge is 0.325 e. The van der Waals surface area contributed by atoms with Crippen LogP contribution in [-0.2, 0) is 27.1 Å². The van der Waals surface area contributed by atoms with Crippen LogP contribution in [0.2, 0.25) is 0 Å². The summed E-state index contributed by atoms with van der Waals surface area (Å²) in [5.74, 6) is -0.198. The van der Waals surface area contributed by atoms with Gasteiger partial charge in [0.2, 0.25) is 0 Å². The molecule has 0 radical (unpaired) electrons. The van der Waals surface area contributed by atoms with E-state index < -0.39 is 17.8 Å². The molecule has 3 aliphatic rings.